The number of nitrogens with zero attached hydrogens (tertiary/aromatic N) is 3. The fourth-order valence-corrected chi connectivity index (χ4v) is 2.11. The van der Waals surface area contributed by atoms with Gasteiger partial charge in [0, 0.05) is 25.0 Å². The molecule has 0 aliphatic carbocycles. The van der Waals surface area contributed by atoms with Crippen LogP contribution in [0.2, 0.25) is 0 Å². The number of amides is 1. The van der Waals surface area contributed by atoms with Crippen LogP contribution in [0, 0.1) is 13.8 Å². The second-order valence-electron chi connectivity index (χ2n) is 4.94. The van der Waals surface area contributed by atoms with Crippen molar-refractivity contribution in [3.8, 4) is 0 Å². The molecule has 0 radical (unpaired) electrons. The van der Waals surface area contributed by atoms with Crippen LogP contribution in [0.4, 0.5) is 0 Å². The van der Waals surface area contributed by atoms with Gasteiger partial charge in [0.25, 0.3) is 0 Å². The third-order valence-electron chi connectivity index (χ3n) is 3.67. The monoisotopic (exact) mass is 273 g/mol. The first-order valence-electron chi connectivity index (χ1n) is 6.58. The van der Waals surface area contributed by atoms with E-state index in [1.54, 1.807) is 17.3 Å². The van der Waals surface area contributed by atoms with Crippen LogP contribution in [0.3, 0.4) is 0 Å². The summed E-state index contributed by atoms with van der Waals surface area (Å²) in [4.78, 5) is 18.1. The SMILES string of the molecule is Cc1noc(C)c1CC(=O)N(C)[C@H](C)c1ccncc1. The van der Waals surface area contributed by atoms with Gasteiger partial charge in [-0.3, -0.25) is 9.78 Å². The molecule has 0 aliphatic rings. The summed E-state index contributed by atoms with van der Waals surface area (Å²) < 4.78 is 5.09. The van der Waals surface area contributed by atoms with Gasteiger partial charge in [0.1, 0.15) is 5.76 Å². The van der Waals surface area contributed by atoms with Gasteiger partial charge in [-0.05, 0) is 38.5 Å². The Balaban J connectivity index is 2.09. The van der Waals surface area contributed by atoms with E-state index in [9.17, 15) is 4.79 Å². The second-order valence-corrected chi connectivity index (χ2v) is 4.94. The third kappa shape index (κ3) is 2.87. The third-order valence-corrected chi connectivity index (χ3v) is 3.67. The van der Waals surface area contributed by atoms with Crippen LogP contribution >= 0.6 is 0 Å². The topological polar surface area (TPSA) is 59.2 Å². The molecule has 1 atom stereocenters. The van der Waals surface area contributed by atoms with Gasteiger partial charge in [-0.2, -0.15) is 0 Å². The predicted molar refractivity (Wildman–Crippen MR) is 75.1 cm³/mol. The summed E-state index contributed by atoms with van der Waals surface area (Å²) in [6, 6.07) is 3.85. The minimum absolute atomic E-state index is 0.00553. The Morgan fingerprint density at radius 3 is 2.55 bits per heavy atom. The van der Waals surface area contributed by atoms with Crippen molar-refractivity contribution in [1.29, 1.82) is 0 Å². The fraction of sp³-hybridized carbons (Fsp3) is 0.400. The highest BCUT2D eigenvalue weighted by Crippen LogP contribution is 2.20. The van der Waals surface area contributed by atoms with Gasteiger partial charge in [-0.25, -0.2) is 0 Å². The quantitative estimate of drug-likeness (QED) is 0.858. The molecule has 5 heteroatoms. The van der Waals surface area contributed by atoms with E-state index in [0.717, 1.165) is 16.8 Å². The number of carbonyl (C=O) groups is 1. The zero-order valence-electron chi connectivity index (χ0n) is 12.3. The number of hydrogen-bond acceptors (Lipinski definition) is 4. The summed E-state index contributed by atoms with van der Waals surface area (Å²) >= 11 is 0. The predicted octanol–water partition coefficient (Wildman–Crippen LogP) is 2.45. The van der Waals surface area contributed by atoms with Gasteiger partial charge >= 0.3 is 0 Å². The molecule has 0 saturated carbocycles. The smallest absolute Gasteiger partial charge is 0.227 e. The summed E-state index contributed by atoms with van der Waals surface area (Å²) in [5.74, 6) is 0.754. The minimum atomic E-state index is 0.00553. The highest BCUT2D eigenvalue weighted by Gasteiger charge is 2.20. The van der Waals surface area contributed by atoms with E-state index in [1.807, 2.05) is 40.0 Å². The lowest BCUT2D eigenvalue weighted by Crippen LogP contribution is -2.31. The number of pyridine rings is 1. The van der Waals surface area contributed by atoms with E-state index in [1.165, 1.54) is 0 Å². The van der Waals surface area contributed by atoms with Gasteiger partial charge in [0.05, 0.1) is 18.2 Å². The molecule has 2 rings (SSSR count). The van der Waals surface area contributed by atoms with Crippen molar-refractivity contribution in [2.24, 2.45) is 0 Å². The Hall–Kier alpha value is -2.17. The maximum atomic E-state index is 12.4. The summed E-state index contributed by atoms with van der Waals surface area (Å²) in [6.07, 6.45) is 3.78. The molecule has 1 amide bonds. The largest absolute Gasteiger partial charge is 0.361 e. The van der Waals surface area contributed by atoms with Crippen molar-refractivity contribution >= 4 is 5.91 Å². The lowest BCUT2D eigenvalue weighted by atomic mass is 10.1. The second kappa shape index (κ2) is 5.86. The van der Waals surface area contributed by atoms with Crippen molar-refractivity contribution in [2.75, 3.05) is 7.05 Å². The number of carbonyl (C=O) groups excluding carboxylic acids is 1. The number of aryl methyl sites for hydroxylation is 2. The Bertz CT molecular complexity index is 573. The zero-order chi connectivity index (χ0) is 14.7. The number of likely N-dealkylation sites (N-methyl/N-ethyl adjacent to an activating group) is 1. The zero-order valence-corrected chi connectivity index (χ0v) is 12.3. The molecular formula is C15H19N3O2. The molecule has 0 aromatic carbocycles. The van der Waals surface area contributed by atoms with Crippen LogP contribution in [0.1, 0.15) is 35.5 Å². The number of aromatic nitrogens is 2. The van der Waals surface area contributed by atoms with E-state index in [0.29, 0.717) is 12.2 Å². The molecule has 0 bridgehead atoms. The van der Waals surface area contributed by atoms with Crippen LogP contribution in [0.25, 0.3) is 0 Å². The Labute approximate surface area is 118 Å². The summed E-state index contributed by atoms with van der Waals surface area (Å²) in [6.45, 7) is 5.68. The van der Waals surface area contributed by atoms with E-state index in [4.69, 9.17) is 4.52 Å². The molecule has 20 heavy (non-hydrogen) atoms. The van der Waals surface area contributed by atoms with E-state index in [2.05, 4.69) is 10.1 Å². The molecule has 0 aliphatic heterocycles. The van der Waals surface area contributed by atoms with Gasteiger partial charge < -0.3 is 9.42 Å². The van der Waals surface area contributed by atoms with Gasteiger partial charge in [-0.15, -0.1) is 0 Å². The molecule has 2 heterocycles. The highest BCUT2D eigenvalue weighted by molar-refractivity contribution is 5.79. The highest BCUT2D eigenvalue weighted by atomic mass is 16.5. The lowest BCUT2D eigenvalue weighted by Gasteiger charge is -2.25. The first-order chi connectivity index (χ1) is 9.50. The van der Waals surface area contributed by atoms with Gasteiger partial charge in [0.15, 0.2) is 0 Å². The van der Waals surface area contributed by atoms with Crippen molar-refractivity contribution in [1.82, 2.24) is 15.0 Å². The van der Waals surface area contributed by atoms with Crippen molar-refractivity contribution in [3.05, 3.63) is 47.1 Å². The molecule has 0 unspecified atom stereocenters. The Kier molecular flexibility index (Phi) is 4.17. The average Bonchev–Trinajstić information content (AvgIpc) is 2.78. The fourth-order valence-electron chi connectivity index (χ4n) is 2.11. The van der Waals surface area contributed by atoms with Crippen molar-refractivity contribution < 1.29 is 9.32 Å². The molecule has 2 aromatic heterocycles. The van der Waals surface area contributed by atoms with Crippen LogP contribution in [0.15, 0.2) is 29.0 Å². The summed E-state index contributed by atoms with van der Waals surface area (Å²) in [5.41, 5.74) is 2.72. The first kappa shape index (κ1) is 14.2. The molecule has 5 nitrogen and oxygen atoms in total. The number of hydrogen-bond donors (Lipinski definition) is 0. The van der Waals surface area contributed by atoms with E-state index >= 15 is 0 Å². The summed E-state index contributed by atoms with van der Waals surface area (Å²) in [7, 11) is 1.81. The van der Waals surface area contributed by atoms with Crippen molar-refractivity contribution in [3.63, 3.8) is 0 Å². The van der Waals surface area contributed by atoms with Crippen LogP contribution in [-0.2, 0) is 11.2 Å². The van der Waals surface area contributed by atoms with Crippen molar-refractivity contribution in [2.45, 2.75) is 33.2 Å². The van der Waals surface area contributed by atoms with Gasteiger partial charge in [-0.1, -0.05) is 5.16 Å². The molecule has 106 valence electrons. The first-order valence-corrected chi connectivity index (χ1v) is 6.58. The van der Waals surface area contributed by atoms with Crippen LogP contribution < -0.4 is 0 Å². The Morgan fingerprint density at radius 2 is 2.00 bits per heavy atom. The molecule has 0 saturated heterocycles. The summed E-state index contributed by atoms with van der Waals surface area (Å²) in [5, 5.41) is 3.88. The van der Waals surface area contributed by atoms with Crippen LogP contribution in [-0.4, -0.2) is 28.0 Å². The normalized spacial score (nSPS) is 12.2. The number of rotatable bonds is 4. The average molecular weight is 273 g/mol. The molecular weight excluding hydrogens is 254 g/mol. The molecule has 2 aromatic rings. The minimum Gasteiger partial charge on any atom is -0.361 e. The van der Waals surface area contributed by atoms with E-state index < -0.39 is 0 Å². The van der Waals surface area contributed by atoms with E-state index in [-0.39, 0.29) is 11.9 Å². The van der Waals surface area contributed by atoms with Gasteiger partial charge in [0.2, 0.25) is 5.91 Å². The van der Waals surface area contributed by atoms with Crippen LogP contribution in [0.5, 0.6) is 0 Å². The maximum Gasteiger partial charge on any atom is 0.227 e. The Morgan fingerprint density at radius 1 is 1.35 bits per heavy atom. The molecule has 0 spiro atoms. The maximum absolute atomic E-state index is 12.4. The standard InChI is InChI=1S/C15H19N3O2/c1-10-14(12(3)20-17-10)9-15(19)18(4)11(2)13-5-7-16-8-6-13/h5-8,11H,9H2,1-4H3/t11-/m1/s1. The lowest BCUT2D eigenvalue weighted by molar-refractivity contribution is -0.131. The molecule has 0 N–H and O–H groups in total. The molecule has 0 fully saturated rings.